The Morgan fingerprint density at radius 3 is 2.66 bits per heavy atom. The van der Waals surface area contributed by atoms with Gasteiger partial charge in [-0.25, -0.2) is 0 Å². The number of aliphatic hydroxyl groups excluding tert-OH is 1. The van der Waals surface area contributed by atoms with Crippen LogP contribution < -0.4 is 0 Å². The van der Waals surface area contributed by atoms with Gasteiger partial charge in [-0.2, -0.15) is 0 Å². The molecule has 0 saturated heterocycles. The fraction of sp³-hybridized carbons (Fsp3) is 0.923. The first-order chi connectivity index (χ1) is 13.8. The molecule has 0 bridgehead atoms. The van der Waals surface area contributed by atoms with Gasteiger partial charge in [0.25, 0.3) is 0 Å². The normalized spacial score (nSPS) is 47.7. The maximum atomic E-state index is 10.8. The molecule has 0 aromatic heterocycles. The predicted molar refractivity (Wildman–Crippen MR) is 118 cm³/mol. The maximum absolute atomic E-state index is 10.8. The monoisotopic (exact) mass is 404 g/mol. The fourth-order valence-corrected chi connectivity index (χ4v) is 8.73. The summed E-state index contributed by atoms with van der Waals surface area (Å²) in [5.74, 6) is 3.88. The van der Waals surface area contributed by atoms with Gasteiger partial charge in [0.1, 0.15) is 0 Å². The molecule has 4 aliphatic carbocycles. The first kappa shape index (κ1) is 21.8. The minimum atomic E-state index is -0.542. The number of hydrogen-bond donors (Lipinski definition) is 2. The molecule has 0 aromatic rings. The highest BCUT2D eigenvalue weighted by Gasteiger charge is 2.60. The van der Waals surface area contributed by atoms with Gasteiger partial charge in [0, 0.05) is 19.1 Å². The molecule has 0 heterocycles. The van der Waals surface area contributed by atoms with Gasteiger partial charge in [-0.05, 0) is 106 Å². The maximum Gasteiger partial charge on any atom is 0.0657 e. The Labute approximate surface area is 178 Å². The van der Waals surface area contributed by atoms with E-state index in [-0.39, 0.29) is 5.41 Å². The summed E-state index contributed by atoms with van der Waals surface area (Å²) in [6.07, 6.45) is 14.1. The molecule has 3 heteroatoms. The minimum absolute atomic E-state index is 0.168. The van der Waals surface area contributed by atoms with E-state index in [2.05, 4.69) is 19.9 Å². The van der Waals surface area contributed by atoms with E-state index in [1.807, 2.05) is 14.0 Å². The fourth-order valence-electron chi connectivity index (χ4n) is 8.73. The summed E-state index contributed by atoms with van der Waals surface area (Å²) in [4.78, 5) is 0. The van der Waals surface area contributed by atoms with Crippen molar-refractivity contribution in [3.63, 3.8) is 0 Å². The predicted octanol–water partition coefficient (Wildman–Crippen LogP) is 5.35. The highest BCUT2D eigenvalue weighted by molar-refractivity contribution is 5.28. The van der Waals surface area contributed by atoms with Crippen molar-refractivity contribution in [2.75, 3.05) is 20.3 Å². The molecule has 8 atom stereocenters. The topological polar surface area (TPSA) is 49.7 Å². The summed E-state index contributed by atoms with van der Waals surface area (Å²) >= 11 is 0. The van der Waals surface area contributed by atoms with Crippen LogP contribution in [0.1, 0.15) is 85.0 Å². The summed E-state index contributed by atoms with van der Waals surface area (Å²) in [6.45, 7) is 8.22. The number of hydrogen-bond acceptors (Lipinski definition) is 3. The Balaban J connectivity index is 1.60. The third kappa shape index (κ3) is 3.53. The van der Waals surface area contributed by atoms with Gasteiger partial charge >= 0.3 is 0 Å². The van der Waals surface area contributed by atoms with Gasteiger partial charge in [-0.15, -0.1) is 0 Å². The summed E-state index contributed by atoms with van der Waals surface area (Å²) in [6, 6.07) is 0. The smallest absolute Gasteiger partial charge is 0.0657 e. The molecule has 166 valence electrons. The Bertz CT molecular complexity index is 625. The second-order valence-corrected chi connectivity index (χ2v) is 11.7. The van der Waals surface area contributed by atoms with Crippen molar-refractivity contribution in [1.82, 2.24) is 0 Å². The summed E-state index contributed by atoms with van der Waals surface area (Å²) < 4.78 is 5.85. The van der Waals surface area contributed by atoms with E-state index in [1.54, 1.807) is 0 Å². The lowest BCUT2D eigenvalue weighted by atomic mass is 9.46. The number of methoxy groups -OCH3 is 1. The standard InChI is InChI=1S/C26H44O3/c1-18(6-5-15-27)21-9-10-22-20-8-7-19-16-24(2,28)13-14-26(19,17-29-4)23(20)11-12-25(21,22)3/h7,18,20-23,27-28H,5-6,8-17H2,1-4H3/t18-,20?,21-,22+,23+,24+,25-,26-/m1/s1. The van der Waals surface area contributed by atoms with Crippen LogP contribution >= 0.6 is 0 Å². The zero-order valence-electron chi connectivity index (χ0n) is 19.3. The number of rotatable bonds is 6. The van der Waals surface area contributed by atoms with Gasteiger partial charge in [-0.1, -0.05) is 25.5 Å². The molecule has 3 fully saturated rings. The van der Waals surface area contributed by atoms with Crippen molar-refractivity contribution < 1.29 is 14.9 Å². The Hall–Kier alpha value is -0.380. The van der Waals surface area contributed by atoms with E-state index in [1.165, 1.54) is 44.1 Å². The molecule has 3 nitrogen and oxygen atoms in total. The highest BCUT2D eigenvalue weighted by atomic mass is 16.5. The molecular weight excluding hydrogens is 360 g/mol. The van der Waals surface area contributed by atoms with Crippen LogP contribution in [-0.2, 0) is 4.74 Å². The number of aliphatic hydroxyl groups is 2. The Kier molecular flexibility index (Phi) is 5.99. The molecule has 1 unspecified atom stereocenters. The van der Waals surface area contributed by atoms with Crippen LogP contribution in [0.3, 0.4) is 0 Å². The van der Waals surface area contributed by atoms with Crippen molar-refractivity contribution in [1.29, 1.82) is 0 Å². The van der Waals surface area contributed by atoms with E-state index in [9.17, 15) is 10.2 Å². The van der Waals surface area contributed by atoms with E-state index in [0.29, 0.717) is 12.0 Å². The minimum Gasteiger partial charge on any atom is -0.396 e. The van der Waals surface area contributed by atoms with E-state index in [0.717, 1.165) is 61.9 Å². The van der Waals surface area contributed by atoms with Crippen molar-refractivity contribution in [3.8, 4) is 0 Å². The summed E-state index contributed by atoms with van der Waals surface area (Å²) in [5, 5.41) is 20.0. The molecule has 4 aliphatic rings. The van der Waals surface area contributed by atoms with Crippen LogP contribution in [0.15, 0.2) is 11.6 Å². The van der Waals surface area contributed by atoms with Gasteiger partial charge in [-0.3, -0.25) is 0 Å². The second kappa shape index (κ2) is 7.95. The zero-order chi connectivity index (χ0) is 20.9. The Morgan fingerprint density at radius 1 is 1.14 bits per heavy atom. The molecule has 0 aromatic carbocycles. The molecule has 0 amide bonds. The number of fused-ring (bicyclic) bond motifs is 5. The number of ether oxygens (including phenoxy) is 1. The molecule has 2 N–H and O–H groups in total. The van der Waals surface area contributed by atoms with Crippen molar-refractivity contribution in [3.05, 3.63) is 11.6 Å². The molecule has 29 heavy (non-hydrogen) atoms. The van der Waals surface area contributed by atoms with Crippen LogP contribution in [0, 0.1) is 40.4 Å². The summed E-state index contributed by atoms with van der Waals surface area (Å²) in [7, 11) is 1.87. The van der Waals surface area contributed by atoms with Crippen LogP contribution in [-0.4, -0.2) is 36.1 Å². The van der Waals surface area contributed by atoms with Gasteiger partial charge in [0.2, 0.25) is 0 Å². The van der Waals surface area contributed by atoms with Crippen LogP contribution in [0.5, 0.6) is 0 Å². The third-order valence-electron chi connectivity index (χ3n) is 10.1. The van der Waals surface area contributed by atoms with E-state index >= 15 is 0 Å². The lowest BCUT2D eigenvalue weighted by Crippen LogP contribution is -2.54. The highest BCUT2D eigenvalue weighted by Crippen LogP contribution is 2.67. The average Bonchev–Trinajstić information content (AvgIpc) is 3.03. The lowest BCUT2D eigenvalue weighted by molar-refractivity contribution is -0.0975. The lowest BCUT2D eigenvalue weighted by Gasteiger charge is -2.60. The van der Waals surface area contributed by atoms with Gasteiger partial charge in [0.15, 0.2) is 0 Å². The van der Waals surface area contributed by atoms with Gasteiger partial charge in [0.05, 0.1) is 12.2 Å². The molecule has 4 rings (SSSR count). The molecule has 0 radical (unpaired) electrons. The third-order valence-corrected chi connectivity index (χ3v) is 10.1. The quantitative estimate of drug-likeness (QED) is 0.587. The Morgan fingerprint density at radius 2 is 1.93 bits per heavy atom. The van der Waals surface area contributed by atoms with Crippen LogP contribution in [0.2, 0.25) is 0 Å². The number of allylic oxidation sites excluding steroid dienone is 1. The van der Waals surface area contributed by atoms with Crippen LogP contribution in [0.25, 0.3) is 0 Å². The average molecular weight is 405 g/mol. The first-order valence-corrected chi connectivity index (χ1v) is 12.3. The SMILES string of the molecule is COC[C@]12CC[C@](C)(O)CC1=CCC1[C@@H]2CC[C@]2(C)[C@@H]([C@H](C)CCCO)CC[C@@H]12. The molecule has 0 aliphatic heterocycles. The second-order valence-electron chi connectivity index (χ2n) is 11.7. The van der Waals surface area contributed by atoms with Crippen LogP contribution in [0.4, 0.5) is 0 Å². The van der Waals surface area contributed by atoms with E-state index in [4.69, 9.17) is 4.74 Å². The summed E-state index contributed by atoms with van der Waals surface area (Å²) in [5.41, 5.74) is 1.60. The van der Waals surface area contributed by atoms with E-state index < -0.39 is 5.60 Å². The zero-order valence-corrected chi connectivity index (χ0v) is 19.3. The van der Waals surface area contributed by atoms with Crippen molar-refractivity contribution in [2.24, 2.45) is 40.4 Å². The molecule has 0 spiro atoms. The van der Waals surface area contributed by atoms with Crippen molar-refractivity contribution in [2.45, 2.75) is 90.6 Å². The molecular formula is C26H44O3. The molecule has 3 saturated carbocycles. The first-order valence-electron chi connectivity index (χ1n) is 12.3. The van der Waals surface area contributed by atoms with Crippen molar-refractivity contribution >= 4 is 0 Å². The van der Waals surface area contributed by atoms with Gasteiger partial charge < -0.3 is 14.9 Å². The largest absolute Gasteiger partial charge is 0.396 e.